The molecule has 1 fully saturated rings. The van der Waals surface area contributed by atoms with Crippen LogP contribution in [-0.4, -0.2) is 19.6 Å². The zero-order chi connectivity index (χ0) is 10.8. The molecule has 1 aliphatic rings. The lowest BCUT2D eigenvalue weighted by atomic mass is 9.93. The van der Waals surface area contributed by atoms with Gasteiger partial charge in [-0.05, 0) is 37.5 Å². The van der Waals surface area contributed by atoms with Crippen molar-refractivity contribution in [3.63, 3.8) is 0 Å². The number of benzene rings is 1. The molecule has 1 saturated heterocycles. The van der Waals surface area contributed by atoms with Crippen molar-refractivity contribution >= 4 is 0 Å². The summed E-state index contributed by atoms with van der Waals surface area (Å²) in [5.41, 5.74) is 5.66. The summed E-state index contributed by atoms with van der Waals surface area (Å²) in [7, 11) is 0. The maximum Gasteiger partial charge on any atom is 0.0452 e. The maximum atomic E-state index is 3.57. The van der Waals surface area contributed by atoms with Gasteiger partial charge in [0.05, 0.1) is 0 Å². The van der Waals surface area contributed by atoms with Crippen LogP contribution in [-0.2, 0) is 0 Å². The molecule has 1 aromatic rings. The van der Waals surface area contributed by atoms with Gasteiger partial charge in [-0.1, -0.05) is 17.7 Å². The van der Waals surface area contributed by atoms with E-state index in [0.29, 0.717) is 6.04 Å². The molecule has 1 atom stereocenters. The standard InChI is InChI=1S/C13H20N2/c1-9-6-10(2)13(11(3)7-9)12-8-14-4-5-15-12/h6-7,12,14-15H,4-5,8H2,1-3H3. The van der Waals surface area contributed by atoms with Crippen molar-refractivity contribution in [3.8, 4) is 0 Å². The zero-order valence-corrected chi connectivity index (χ0v) is 9.85. The maximum absolute atomic E-state index is 3.57. The van der Waals surface area contributed by atoms with E-state index >= 15 is 0 Å². The van der Waals surface area contributed by atoms with Gasteiger partial charge in [0.1, 0.15) is 0 Å². The minimum absolute atomic E-state index is 0.486. The van der Waals surface area contributed by atoms with Gasteiger partial charge in [0, 0.05) is 25.7 Å². The summed E-state index contributed by atoms with van der Waals surface area (Å²) in [5, 5.41) is 7.01. The van der Waals surface area contributed by atoms with E-state index in [1.807, 2.05) is 0 Å². The van der Waals surface area contributed by atoms with Crippen LogP contribution in [0, 0.1) is 20.8 Å². The molecule has 0 bridgehead atoms. The highest BCUT2D eigenvalue weighted by Gasteiger charge is 2.17. The molecule has 2 N–H and O–H groups in total. The van der Waals surface area contributed by atoms with Crippen LogP contribution in [0.1, 0.15) is 28.3 Å². The van der Waals surface area contributed by atoms with E-state index in [2.05, 4.69) is 43.5 Å². The Kier molecular flexibility index (Phi) is 3.08. The molecule has 1 aliphatic heterocycles. The summed E-state index contributed by atoms with van der Waals surface area (Å²) in [5.74, 6) is 0. The minimum atomic E-state index is 0.486. The lowest BCUT2D eigenvalue weighted by Gasteiger charge is -2.27. The van der Waals surface area contributed by atoms with E-state index < -0.39 is 0 Å². The molecule has 0 amide bonds. The number of hydrogen-bond donors (Lipinski definition) is 2. The molecule has 2 heteroatoms. The number of nitrogens with one attached hydrogen (secondary N) is 2. The van der Waals surface area contributed by atoms with E-state index in [1.54, 1.807) is 0 Å². The Balaban J connectivity index is 2.33. The van der Waals surface area contributed by atoms with Gasteiger partial charge >= 0.3 is 0 Å². The first-order valence-corrected chi connectivity index (χ1v) is 5.70. The van der Waals surface area contributed by atoms with Crippen LogP contribution < -0.4 is 10.6 Å². The van der Waals surface area contributed by atoms with Crippen molar-refractivity contribution in [2.45, 2.75) is 26.8 Å². The third kappa shape index (κ3) is 2.21. The molecule has 1 aromatic carbocycles. The van der Waals surface area contributed by atoms with Crippen LogP contribution in [0.3, 0.4) is 0 Å². The summed E-state index contributed by atoms with van der Waals surface area (Å²) < 4.78 is 0. The van der Waals surface area contributed by atoms with Gasteiger partial charge in [0.15, 0.2) is 0 Å². The number of piperazine rings is 1. The quantitative estimate of drug-likeness (QED) is 0.729. The third-order valence-electron chi connectivity index (χ3n) is 3.13. The summed E-state index contributed by atoms with van der Waals surface area (Å²) in [4.78, 5) is 0. The Morgan fingerprint density at radius 3 is 2.27 bits per heavy atom. The van der Waals surface area contributed by atoms with Crippen LogP contribution in [0.2, 0.25) is 0 Å². The molecular formula is C13H20N2. The first-order valence-electron chi connectivity index (χ1n) is 5.70. The van der Waals surface area contributed by atoms with Gasteiger partial charge in [-0.3, -0.25) is 0 Å². The van der Waals surface area contributed by atoms with Crippen molar-refractivity contribution in [1.82, 2.24) is 10.6 Å². The summed E-state index contributed by atoms with van der Waals surface area (Å²) in [6.07, 6.45) is 0. The van der Waals surface area contributed by atoms with Gasteiger partial charge in [-0.15, -0.1) is 0 Å². The monoisotopic (exact) mass is 204 g/mol. The molecule has 0 spiro atoms. The van der Waals surface area contributed by atoms with Crippen molar-refractivity contribution in [2.24, 2.45) is 0 Å². The van der Waals surface area contributed by atoms with E-state index in [0.717, 1.165) is 19.6 Å². The van der Waals surface area contributed by atoms with Crippen molar-refractivity contribution in [3.05, 3.63) is 34.4 Å². The van der Waals surface area contributed by atoms with Crippen LogP contribution in [0.4, 0.5) is 0 Å². The Hall–Kier alpha value is -0.860. The smallest absolute Gasteiger partial charge is 0.0452 e. The third-order valence-corrected chi connectivity index (χ3v) is 3.13. The Morgan fingerprint density at radius 2 is 1.73 bits per heavy atom. The molecule has 2 rings (SSSR count). The van der Waals surface area contributed by atoms with Gasteiger partial charge in [-0.2, -0.15) is 0 Å². The van der Waals surface area contributed by atoms with Gasteiger partial charge in [-0.25, -0.2) is 0 Å². The molecule has 0 saturated carbocycles. The summed E-state index contributed by atoms with van der Waals surface area (Å²) in [6, 6.07) is 5.04. The summed E-state index contributed by atoms with van der Waals surface area (Å²) in [6.45, 7) is 9.79. The Bertz CT molecular complexity index is 329. The minimum Gasteiger partial charge on any atom is -0.314 e. The summed E-state index contributed by atoms with van der Waals surface area (Å²) >= 11 is 0. The molecule has 2 nitrogen and oxygen atoms in total. The Morgan fingerprint density at radius 1 is 1.07 bits per heavy atom. The molecule has 82 valence electrons. The van der Waals surface area contributed by atoms with Gasteiger partial charge in [0.25, 0.3) is 0 Å². The molecule has 1 heterocycles. The molecule has 0 aromatic heterocycles. The van der Waals surface area contributed by atoms with E-state index in [4.69, 9.17) is 0 Å². The van der Waals surface area contributed by atoms with Crippen molar-refractivity contribution in [2.75, 3.05) is 19.6 Å². The topological polar surface area (TPSA) is 24.1 Å². The van der Waals surface area contributed by atoms with Gasteiger partial charge < -0.3 is 10.6 Å². The predicted octanol–water partition coefficient (Wildman–Crippen LogP) is 1.85. The van der Waals surface area contributed by atoms with Crippen molar-refractivity contribution < 1.29 is 0 Å². The average molecular weight is 204 g/mol. The lowest BCUT2D eigenvalue weighted by Crippen LogP contribution is -2.43. The molecule has 0 radical (unpaired) electrons. The normalized spacial score (nSPS) is 21.7. The first kappa shape index (κ1) is 10.7. The zero-order valence-electron chi connectivity index (χ0n) is 9.85. The highest BCUT2D eigenvalue weighted by molar-refractivity contribution is 5.40. The second-order valence-electron chi connectivity index (χ2n) is 4.52. The van der Waals surface area contributed by atoms with Crippen LogP contribution in [0.5, 0.6) is 0 Å². The second kappa shape index (κ2) is 4.33. The average Bonchev–Trinajstić information content (AvgIpc) is 2.17. The largest absolute Gasteiger partial charge is 0.314 e. The second-order valence-corrected chi connectivity index (χ2v) is 4.52. The lowest BCUT2D eigenvalue weighted by molar-refractivity contribution is 0.427. The fourth-order valence-corrected chi connectivity index (χ4v) is 2.60. The van der Waals surface area contributed by atoms with Crippen LogP contribution in [0.25, 0.3) is 0 Å². The van der Waals surface area contributed by atoms with Crippen LogP contribution in [0.15, 0.2) is 12.1 Å². The fraction of sp³-hybridized carbons (Fsp3) is 0.538. The van der Waals surface area contributed by atoms with E-state index in [-0.39, 0.29) is 0 Å². The highest BCUT2D eigenvalue weighted by atomic mass is 15.1. The number of hydrogen-bond acceptors (Lipinski definition) is 2. The van der Waals surface area contributed by atoms with E-state index in [9.17, 15) is 0 Å². The highest BCUT2D eigenvalue weighted by Crippen LogP contribution is 2.23. The first-order chi connectivity index (χ1) is 7.18. The van der Waals surface area contributed by atoms with E-state index in [1.165, 1.54) is 22.3 Å². The number of rotatable bonds is 1. The fourth-order valence-electron chi connectivity index (χ4n) is 2.60. The molecule has 1 unspecified atom stereocenters. The molecule has 15 heavy (non-hydrogen) atoms. The Labute approximate surface area is 92.1 Å². The molecule has 0 aliphatic carbocycles. The van der Waals surface area contributed by atoms with Crippen LogP contribution >= 0.6 is 0 Å². The molecular weight excluding hydrogens is 184 g/mol. The van der Waals surface area contributed by atoms with Gasteiger partial charge in [0.2, 0.25) is 0 Å². The predicted molar refractivity (Wildman–Crippen MR) is 64.3 cm³/mol. The SMILES string of the molecule is Cc1cc(C)c(C2CNCCN2)c(C)c1. The van der Waals surface area contributed by atoms with Crippen molar-refractivity contribution in [1.29, 1.82) is 0 Å². The number of aryl methyl sites for hydroxylation is 3.